The fourth-order valence-electron chi connectivity index (χ4n) is 2.09. The summed E-state index contributed by atoms with van der Waals surface area (Å²) in [4.78, 5) is 19.9. The number of hydrogen-bond acceptors (Lipinski definition) is 4. The first-order valence-corrected chi connectivity index (χ1v) is 5.66. The molecule has 0 radical (unpaired) electrons. The average Bonchev–Trinajstić information content (AvgIpc) is 2.66. The summed E-state index contributed by atoms with van der Waals surface area (Å²) in [5.74, 6) is 1.06. The van der Waals surface area contributed by atoms with Crippen molar-refractivity contribution in [2.75, 3.05) is 11.1 Å². The summed E-state index contributed by atoms with van der Waals surface area (Å²) in [6.45, 7) is 1.87. The number of carbonyl (C=O) groups excluding carboxylic acids is 1. The van der Waals surface area contributed by atoms with Gasteiger partial charge >= 0.3 is 0 Å². The Balaban J connectivity index is 2.08. The monoisotopic (exact) mass is 240 g/mol. The predicted molar refractivity (Wildman–Crippen MR) is 69.0 cm³/mol. The molecule has 2 heterocycles. The lowest BCUT2D eigenvalue weighted by Crippen LogP contribution is -2.03. The molecule has 0 unspecified atom stereocenters. The maximum atomic E-state index is 11.3. The van der Waals surface area contributed by atoms with E-state index in [1.165, 1.54) is 0 Å². The van der Waals surface area contributed by atoms with Gasteiger partial charge in [-0.05, 0) is 30.7 Å². The summed E-state index contributed by atoms with van der Waals surface area (Å²) in [5.41, 5.74) is 9.25. The van der Waals surface area contributed by atoms with Gasteiger partial charge in [-0.3, -0.25) is 4.79 Å². The lowest BCUT2D eigenvalue weighted by molar-refractivity contribution is -0.115. The summed E-state index contributed by atoms with van der Waals surface area (Å²) in [5, 5.41) is 2.79. The zero-order chi connectivity index (χ0) is 12.7. The van der Waals surface area contributed by atoms with Crippen LogP contribution in [0.15, 0.2) is 24.3 Å². The highest BCUT2D eigenvalue weighted by molar-refractivity contribution is 5.99. The van der Waals surface area contributed by atoms with Gasteiger partial charge in [-0.15, -0.1) is 0 Å². The van der Waals surface area contributed by atoms with E-state index in [4.69, 9.17) is 5.73 Å². The molecule has 1 aromatic carbocycles. The third-order valence-corrected chi connectivity index (χ3v) is 2.86. The van der Waals surface area contributed by atoms with E-state index < -0.39 is 0 Å². The summed E-state index contributed by atoms with van der Waals surface area (Å²) >= 11 is 0. The Morgan fingerprint density at radius 3 is 2.89 bits per heavy atom. The SMILES string of the molecule is Cc1cc(N)nc(-c2ccc3c(c2)CC(=O)N3)n1. The van der Waals surface area contributed by atoms with Crippen LogP contribution in [0.5, 0.6) is 0 Å². The first-order chi connectivity index (χ1) is 8.61. The van der Waals surface area contributed by atoms with Crippen LogP contribution in [0.4, 0.5) is 11.5 Å². The van der Waals surface area contributed by atoms with Crippen molar-refractivity contribution < 1.29 is 4.79 Å². The molecule has 0 aliphatic carbocycles. The smallest absolute Gasteiger partial charge is 0.228 e. The maximum absolute atomic E-state index is 11.3. The van der Waals surface area contributed by atoms with Gasteiger partial charge in [0.15, 0.2) is 5.82 Å². The highest BCUT2D eigenvalue weighted by Gasteiger charge is 2.18. The van der Waals surface area contributed by atoms with Gasteiger partial charge in [0, 0.05) is 23.0 Å². The van der Waals surface area contributed by atoms with Crippen molar-refractivity contribution >= 4 is 17.4 Å². The second-order valence-corrected chi connectivity index (χ2v) is 4.35. The number of rotatable bonds is 1. The molecule has 5 heteroatoms. The fraction of sp³-hybridized carbons (Fsp3) is 0.154. The molecule has 1 aromatic heterocycles. The van der Waals surface area contributed by atoms with Gasteiger partial charge in [0.05, 0.1) is 6.42 Å². The molecule has 3 rings (SSSR count). The van der Waals surface area contributed by atoms with Crippen LogP contribution in [0.3, 0.4) is 0 Å². The predicted octanol–water partition coefficient (Wildman–Crippen LogP) is 1.53. The number of nitrogens with zero attached hydrogens (tertiary/aromatic N) is 2. The highest BCUT2D eigenvalue weighted by atomic mass is 16.1. The van der Waals surface area contributed by atoms with E-state index in [-0.39, 0.29) is 5.91 Å². The lowest BCUT2D eigenvalue weighted by atomic mass is 10.1. The molecule has 3 N–H and O–H groups in total. The quantitative estimate of drug-likeness (QED) is 0.792. The molecule has 1 aliphatic heterocycles. The van der Waals surface area contributed by atoms with E-state index in [1.54, 1.807) is 6.07 Å². The Morgan fingerprint density at radius 1 is 1.28 bits per heavy atom. The zero-order valence-corrected chi connectivity index (χ0v) is 9.90. The van der Waals surface area contributed by atoms with Crippen LogP contribution < -0.4 is 11.1 Å². The van der Waals surface area contributed by atoms with E-state index in [9.17, 15) is 4.79 Å². The minimum atomic E-state index is 0.0202. The zero-order valence-electron chi connectivity index (χ0n) is 9.90. The third-order valence-electron chi connectivity index (χ3n) is 2.86. The van der Waals surface area contributed by atoms with Crippen molar-refractivity contribution in [2.45, 2.75) is 13.3 Å². The minimum absolute atomic E-state index is 0.0202. The van der Waals surface area contributed by atoms with Crippen molar-refractivity contribution in [1.29, 1.82) is 0 Å². The van der Waals surface area contributed by atoms with Crippen LogP contribution in [0, 0.1) is 6.92 Å². The number of carbonyl (C=O) groups is 1. The van der Waals surface area contributed by atoms with Crippen molar-refractivity contribution in [2.24, 2.45) is 0 Å². The Morgan fingerprint density at radius 2 is 2.11 bits per heavy atom. The molecule has 5 nitrogen and oxygen atoms in total. The van der Waals surface area contributed by atoms with Crippen LogP contribution >= 0.6 is 0 Å². The molecule has 2 aromatic rings. The number of nitrogens with one attached hydrogen (secondary N) is 1. The molecule has 0 saturated heterocycles. The Kier molecular flexibility index (Phi) is 2.26. The molecule has 1 amide bonds. The topological polar surface area (TPSA) is 80.9 Å². The number of aryl methyl sites for hydroxylation is 1. The van der Waals surface area contributed by atoms with Crippen LogP contribution in [0.1, 0.15) is 11.3 Å². The molecule has 18 heavy (non-hydrogen) atoms. The minimum Gasteiger partial charge on any atom is -0.384 e. The van der Waals surface area contributed by atoms with Crippen LogP contribution in [-0.4, -0.2) is 15.9 Å². The molecule has 90 valence electrons. The fourth-order valence-corrected chi connectivity index (χ4v) is 2.09. The van der Waals surface area contributed by atoms with E-state index in [2.05, 4.69) is 15.3 Å². The number of hydrogen-bond donors (Lipinski definition) is 2. The number of nitrogens with two attached hydrogens (primary N) is 1. The molecule has 0 bridgehead atoms. The van der Waals surface area contributed by atoms with Crippen LogP contribution in [-0.2, 0) is 11.2 Å². The van der Waals surface area contributed by atoms with Gasteiger partial charge < -0.3 is 11.1 Å². The van der Waals surface area contributed by atoms with Gasteiger partial charge in [0.2, 0.25) is 5.91 Å². The number of amides is 1. The van der Waals surface area contributed by atoms with Gasteiger partial charge in [-0.2, -0.15) is 0 Å². The number of fused-ring (bicyclic) bond motifs is 1. The van der Waals surface area contributed by atoms with Crippen molar-refractivity contribution in [3.05, 3.63) is 35.5 Å². The standard InChI is InChI=1S/C13H12N4O/c1-7-4-11(14)17-13(15-7)8-2-3-10-9(5-8)6-12(18)16-10/h2-5H,6H2,1H3,(H,16,18)(H2,14,15,17). The maximum Gasteiger partial charge on any atom is 0.228 e. The largest absolute Gasteiger partial charge is 0.384 e. The molecule has 0 spiro atoms. The Hall–Kier alpha value is -2.43. The number of nitrogen functional groups attached to an aromatic ring is 1. The van der Waals surface area contributed by atoms with Crippen molar-refractivity contribution in [3.8, 4) is 11.4 Å². The number of benzene rings is 1. The van der Waals surface area contributed by atoms with E-state index in [0.29, 0.717) is 18.1 Å². The van der Waals surface area contributed by atoms with Gasteiger partial charge in [0.25, 0.3) is 0 Å². The van der Waals surface area contributed by atoms with Gasteiger partial charge in [-0.25, -0.2) is 9.97 Å². The Labute approximate surface area is 104 Å². The van der Waals surface area contributed by atoms with Crippen LogP contribution in [0.2, 0.25) is 0 Å². The van der Waals surface area contributed by atoms with Gasteiger partial charge in [0.1, 0.15) is 5.82 Å². The number of aromatic nitrogens is 2. The first-order valence-electron chi connectivity index (χ1n) is 5.66. The summed E-state index contributed by atoms with van der Waals surface area (Å²) in [6, 6.07) is 7.42. The second kappa shape index (κ2) is 3.80. The molecular weight excluding hydrogens is 228 g/mol. The first kappa shape index (κ1) is 10.7. The summed E-state index contributed by atoms with van der Waals surface area (Å²) in [6.07, 6.45) is 0.407. The van der Waals surface area contributed by atoms with Crippen LogP contribution in [0.25, 0.3) is 11.4 Å². The Bertz CT molecular complexity index is 631. The molecule has 1 aliphatic rings. The van der Waals surface area contributed by atoms with E-state index in [1.807, 2.05) is 25.1 Å². The molecule has 0 fully saturated rings. The van der Waals surface area contributed by atoms with E-state index >= 15 is 0 Å². The summed E-state index contributed by atoms with van der Waals surface area (Å²) < 4.78 is 0. The van der Waals surface area contributed by atoms with Gasteiger partial charge in [-0.1, -0.05) is 0 Å². The second-order valence-electron chi connectivity index (χ2n) is 4.35. The van der Waals surface area contributed by atoms with E-state index in [0.717, 1.165) is 22.5 Å². The molecule has 0 saturated carbocycles. The average molecular weight is 240 g/mol. The van der Waals surface area contributed by atoms with Crippen molar-refractivity contribution in [1.82, 2.24) is 9.97 Å². The highest BCUT2D eigenvalue weighted by Crippen LogP contribution is 2.27. The lowest BCUT2D eigenvalue weighted by Gasteiger charge is -2.05. The molecule has 0 atom stereocenters. The summed E-state index contributed by atoms with van der Waals surface area (Å²) in [7, 11) is 0. The molecular formula is C13H12N4O. The normalized spacial score (nSPS) is 13.3. The number of anilines is 2. The third kappa shape index (κ3) is 1.79. The van der Waals surface area contributed by atoms with Crippen molar-refractivity contribution in [3.63, 3.8) is 0 Å².